The Kier molecular flexibility index (Phi) is 8.80. The lowest BCUT2D eigenvalue weighted by molar-refractivity contribution is -0.142. The third-order valence-electron chi connectivity index (χ3n) is 4.60. The van der Waals surface area contributed by atoms with Crippen molar-refractivity contribution in [1.82, 2.24) is 10.2 Å². The van der Waals surface area contributed by atoms with E-state index < -0.39 is 6.04 Å². The lowest BCUT2D eigenvalue weighted by Crippen LogP contribution is -2.50. The fourth-order valence-corrected chi connectivity index (χ4v) is 3.07. The van der Waals surface area contributed by atoms with Crippen molar-refractivity contribution in [3.8, 4) is 5.75 Å². The van der Waals surface area contributed by atoms with Crippen molar-refractivity contribution in [2.24, 2.45) is 0 Å². The molecule has 0 bridgehead atoms. The smallest absolute Gasteiger partial charge is 0.261 e. The number of nitrogens with one attached hydrogen (secondary N) is 1. The van der Waals surface area contributed by atoms with E-state index in [2.05, 4.69) is 5.32 Å². The van der Waals surface area contributed by atoms with Crippen LogP contribution in [-0.2, 0) is 16.1 Å². The van der Waals surface area contributed by atoms with Gasteiger partial charge in [-0.25, -0.2) is 0 Å². The molecule has 0 spiro atoms. The maximum atomic E-state index is 13.0. The molecular weight excluding hydrogens is 411 g/mol. The van der Waals surface area contributed by atoms with Crippen LogP contribution in [0.5, 0.6) is 5.75 Å². The van der Waals surface area contributed by atoms with Gasteiger partial charge in [-0.05, 0) is 50.1 Å². The van der Waals surface area contributed by atoms with Crippen LogP contribution in [0.4, 0.5) is 0 Å². The van der Waals surface area contributed by atoms with Gasteiger partial charge in [0.1, 0.15) is 11.8 Å². The molecule has 2 aromatic rings. The first kappa shape index (κ1) is 23.0. The molecule has 0 radical (unpaired) electrons. The number of hydrogen-bond donors (Lipinski definition) is 1. The average Bonchev–Trinajstić information content (AvgIpc) is 2.70. The summed E-state index contributed by atoms with van der Waals surface area (Å²) in [4.78, 5) is 27.1. The highest BCUT2D eigenvalue weighted by atomic mass is 35.5. The highest BCUT2D eigenvalue weighted by Gasteiger charge is 2.27. The summed E-state index contributed by atoms with van der Waals surface area (Å²) in [5.74, 6) is -0.119. The molecule has 0 saturated carbocycles. The van der Waals surface area contributed by atoms with Crippen LogP contribution in [0.15, 0.2) is 48.5 Å². The van der Waals surface area contributed by atoms with Gasteiger partial charge < -0.3 is 15.0 Å². The summed E-state index contributed by atoms with van der Waals surface area (Å²) in [6, 6.07) is 13.5. The number of amides is 2. The Balaban J connectivity index is 2.17. The third-order valence-corrected chi connectivity index (χ3v) is 5.15. The van der Waals surface area contributed by atoms with Gasteiger partial charge in [0.05, 0.1) is 5.02 Å². The summed E-state index contributed by atoms with van der Waals surface area (Å²) in [7, 11) is 0. The van der Waals surface area contributed by atoms with Gasteiger partial charge in [0.15, 0.2) is 6.61 Å². The van der Waals surface area contributed by atoms with Crippen LogP contribution < -0.4 is 10.1 Å². The Hall–Kier alpha value is -2.24. The third kappa shape index (κ3) is 6.94. The maximum Gasteiger partial charge on any atom is 0.261 e. The highest BCUT2D eigenvalue weighted by Crippen LogP contribution is 2.23. The number of halogens is 2. The van der Waals surface area contributed by atoms with E-state index in [0.717, 1.165) is 12.0 Å². The number of para-hydroxylation sites is 1. The topological polar surface area (TPSA) is 58.6 Å². The summed E-state index contributed by atoms with van der Waals surface area (Å²) >= 11 is 12.2. The van der Waals surface area contributed by atoms with Crippen LogP contribution in [-0.4, -0.2) is 35.4 Å². The lowest BCUT2D eigenvalue weighted by Gasteiger charge is -2.29. The molecule has 1 N–H and O–H groups in total. The summed E-state index contributed by atoms with van der Waals surface area (Å²) in [5.41, 5.74) is 0.826. The number of nitrogens with zero attached hydrogens (tertiary/aromatic N) is 1. The number of carbonyl (C=O) groups excluding carboxylic acids is 2. The van der Waals surface area contributed by atoms with Gasteiger partial charge in [0, 0.05) is 17.6 Å². The summed E-state index contributed by atoms with van der Waals surface area (Å²) in [6.45, 7) is 5.62. The van der Waals surface area contributed by atoms with Gasteiger partial charge in [-0.15, -0.1) is 0 Å². The molecule has 2 rings (SSSR count). The second kappa shape index (κ2) is 11.1. The zero-order valence-corrected chi connectivity index (χ0v) is 18.3. The van der Waals surface area contributed by atoms with Crippen molar-refractivity contribution in [3.05, 3.63) is 64.1 Å². The molecule has 5 nitrogen and oxygen atoms in total. The Morgan fingerprint density at radius 2 is 1.83 bits per heavy atom. The van der Waals surface area contributed by atoms with Crippen LogP contribution in [0.2, 0.25) is 10.0 Å². The minimum atomic E-state index is -0.676. The van der Waals surface area contributed by atoms with Crippen LogP contribution in [0, 0.1) is 0 Å². The zero-order chi connectivity index (χ0) is 21.4. The highest BCUT2D eigenvalue weighted by molar-refractivity contribution is 6.32. The van der Waals surface area contributed by atoms with E-state index in [1.54, 1.807) is 43.3 Å². The van der Waals surface area contributed by atoms with Crippen LogP contribution in [0.3, 0.4) is 0 Å². The van der Waals surface area contributed by atoms with E-state index in [4.69, 9.17) is 27.9 Å². The Bertz CT molecular complexity index is 844. The Morgan fingerprint density at radius 1 is 1.10 bits per heavy atom. The van der Waals surface area contributed by atoms with E-state index in [1.807, 2.05) is 26.0 Å². The van der Waals surface area contributed by atoms with E-state index in [0.29, 0.717) is 15.8 Å². The monoisotopic (exact) mass is 436 g/mol. The fraction of sp³-hybridized carbons (Fsp3) is 0.364. The van der Waals surface area contributed by atoms with E-state index >= 15 is 0 Å². The summed E-state index contributed by atoms with van der Waals surface area (Å²) in [5, 5.41) is 3.91. The molecule has 0 aliphatic heterocycles. The fourth-order valence-electron chi connectivity index (χ4n) is 2.66. The second-order valence-corrected chi connectivity index (χ2v) is 7.71. The first-order valence-electron chi connectivity index (χ1n) is 9.53. The van der Waals surface area contributed by atoms with Crippen molar-refractivity contribution in [2.75, 3.05) is 6.61 Å². The predicted octanol–water partition coefficient (Wildman–Crippen LogP) is 4.70. The molecule has 29 heavy (non-hydrogen) atoms. The van der Waals surface area contributed by atoms with Gasteiger partial charge in [0.25, 0.3) is 5.91 Å². The first-order chi connectivity index (χ1) is 13.8. The standard InChI is InChI=1S/C22H26Cl2N2O3/c1-4-15(2)25-22(28)16(3)26(13-17-8-7-9-18(23)12-17)21(27)14-29-20-11-6-5-10-19(20)24/h5-12,15-16H,4,13-14H2,1-3H3,(H,25,28)/t15-,16+/m1/s1. The maximum absolute atomic E-state index is 13.0. The van der Waals surface area contributed by atoms with Crippen molar-refractivity contribution >= 4 is 35.0 Å². The molecule has 0 heterocycles. The van der Waals surface area contributed by atoms with Crippen LogP contribution in [0.1, 0.15) is 32.8 Å². The molecule has 2 amide bonds. The molecule has 2 aromatic carbocycles. The van der Waals surface area contributed by atoms with E-state index in [1.165, 1.54) is 4.90 Å². The molecule has 0 saturated heterocycles. The number of ether oxygens (including phenoxy) is 1. The number of hydrogen-bond acceptors (Lipinski definition) is 3. The normalized spacial score (nSPS) is 12.7. The quantitative estimate of drug-likeness (QED) is 0.619. The average molecular weight is 437 g/mol. The van der Waals surface area contributed by atoms with Gasteiger partial charge in [-0.2, -0.15) is 0 Å². The molecule has 0 aliphatic rings. The van der Waals surface area contributed by atoms with E-state index in [-0.39, 0.29) is 31.0 Å². The SMILES string of the molecule is CC[C@@H](C)NC(=O)[C@H](C)N(Cc1cccc(Cl)c1)C(=O)COc1ccccc1Cl. The molecule has 0 aliphatic carbocycles. The van der Waals surface area contributed by atoms with Gasteiger partial charge in [0.2, 0.25) is 5.91 Å². The van der Waals surface area contributed by atoms with Gasteiger partial charge >= 0.3 is 0 Å². The van der Waals surface area contributed by atoms with Crippen LogP contribution >= 0.6 is 23.2 Å². The minimum absolute atomic E-state index is 0.0208. The number of rotatable bonds is 9. The number of benzene rings is 2. The van der Waals surface area contributed by atoms with E-state index in [9.17, 15) is 9.59 Å². The molecule has 0 fully saturated rings. The second-order valence-electron chi connectivity index (χ2n) is 6.86. The Labute approximate surface area is 181 Å². The largest absolute Gasteiger partial charge is 0.482 e. The van der Waals surface area contributed by atoms with Crippen LogP contribution in [0.25, 0.3) is 0 Å². The first-order valence-corrected chi connectivity index (χ1v) is 10.3. The summed E-state index contributed by atoms with van der Waals surface area (Å²) < 4.78 is 5.59. The molecule has 2 atom stereocenters. The van der Waals surface area contributed by atoms with Crippen molar-refractivity contribution in [1.29, 1.82) is 0 Å². The molecular formula is C22H26Cl2N2O3. The number of carbonyl (C=O) groups is 2. The molecule has 156 valence electrons. The molecule has 7 heteroatoms. The molecule has 0 aromatic heterocycles. The molecule has 0 unspecified atom stereocenters. The summed E-state index contributed by atoms with van der Waals surface area (Å²) in [6.07, 6.45) is 0.802. The zero-order valence-electron chi connectivity index (χ0n) is 16.8. The van der Waals surface area contributed by atoms with Crippen molar-refractivity contribution in [3.63, 3.8) is 0 Å². The Morgan fingerprint density at radius 3 is 2.48 bits per heavy atom. The lowest BCUT2D eigenvalue weighted by atomic mass is 10.1. The predicted molar refractivity (Wildman–Crippen MR) is 116 cm³/mol. The van der Waals surface area contributed by atoms with Gasteiger partial charge in [-0.3, -0.25) is 9.59 Å². The van der Waals surface area contributed by atoms with Crippen molar-refractivity contribution < 1.29 is 14.3 Å². The van der Waals surface area contributed by atoms with Gasteiger partial charge in [-0.1, -0.05) is 54.4 Å². The minimum Gasteiger partial charge on any atom is -0.482 e. The van der Waals surface area contributed by atoms with Crippen molar-refractivity contribution in [2.45, 2.75) is 45.8 Å².